The zero-order valence-corrected chi connectivity index (χ0v) is 10.9. The molecule has 0 heterocycles. The van der Waals surface area contributed by atoms with Crippen LogP contribution in [0, 0.1) is 0 Å². The van der Waals surface area contributed by atoms with E-state index in [1.54, 1.807) is 48.5 Å². The number of nitrogen functional groups attached to an aromatic ring is 1. The highest BCUT2D eigenvalue weighted by Crippen LogP contribution is 2.14. The molecule has 0 bridgehead atoms. The second kappa shape index (κ2) is 6.47. The highest BCUT2D eigenvalue weighted by Gasteiger charge is 2.02. The predicted molar refractivity (Wildman–Crippen MR) is 76.8 cm³/mol. The van der Waals surface area contributed by atoms with Crippen LogP contribution in [-0.2, 0) is 0 Å². The van der Waals surface area contributed by atoms with Gasteiger partial charge in [0.2, 0.25) is 5.91 Å². The van der Waals surface area contributed by atoms with E-state index in [1.807, 2.05) is 0 Å². The highest BCUT2D eigenvalue weighted by atomic mass is 16.5. The normalized spacial score (nSPS) is 10.0. The van der Waals surface area contributed by atoms with Crippen molar-refractivity contribution in [1.29, 1.82) is 0 Å². The van der Waals surface area contributed by atoms with Crippen LogP contribution >= 0.6 is 0 Å². The zero-order chi connectivity index (χ0) is 14.4. The summed E-state index contributed by atoms with van der Waals surface area (Å²) < 4.78 is 11.0. The summed E-state index contributed by atoms with van der Waals surface area (Å²) in [6.07, 6.45) is 0. The van der Waals surface area contributed by atoms with Gasteiger partial charge in [0.25, 0.3) is 0 Å². The van der Waals surface area contributed by atoms with E-state index >= 15 is 0 Å². The minimum atomic E-state index is -0.478. The Kier molecular flexibility index (Phi) is 4.44. The molecule has 20 heavy (non-hydrogen) atoms. The van der Waals surface area contributed by atoms with E-state index < -0.39 is 5.91 Å². The molecule has 0 unspecified atom stereocenters. The van der Waals surface area contributed by atoms with Crippen LogP contribution in [0.3, 0.4) is 0 Å². The number of ether oxygens (including phenoxy) is 2. The van der Waals surface area contributed by atoms with Gasteiger partial charge in [-0.1, -0.05) is 6.07 Å². The second-order valence-corrected chi connectivity index (χ2v) is 4.16. The molecule has 0 spiro atoms. The van der Waals surface area contributed by atoms with Crippen LogP contribution in [0.25, 0.3) is 0 Å². The number of hydrogen-bond donors (Lipinski definition) is 2. The van der Waals surface area contributed by atoms with E-state index in [0.717, 1.165) is 5.75 Å². The van der Waals surface area contributed by atoms with Gasteiger partial charge in [-0.3, -0.25) is 4.79 Å². The fourth-order valence-corrected chi connectivity index (χ4v) is 1.62. The molecule has 0 aromatic heterocycles. The Morgan fingerprint density at radius 2 is 1.60 bits per heavy atom. The largest absolute Gasteiger partial charge is 0.490 e. The van der Waals surface area contributed by atoms with Gasteiger partial charge in [0.15, 0.2) is 0 Å². The molecule has 0 aliphatic carbocycles. The molecule has 0 aliphatic rings. The summed E-state index contributed by atoms with van der Waals surface area (Å²) in [5.74, 6) is 0.837. The summed E-state index contributed by atoms with van der Waals surface area (Å²) in [4.78, 5) is 11.0. The summed E-state index contributed by atoms with van der Waals surface area (Å²) in [5, 5.41) is 0. The minimum absolute atomic E-state index is 0.368. The molecule has 0 fully saturated rings. The number of carbonyl (C=O) groups is 1. The van der Waals surface area contributed by atoms with E-state index in [1.165, 1.54) is 0 Å². The molecule has 2 aromatic rings. The standard InChI is InChI=1S/C15H16N2O3/c16-12-4-6-13(7-5-12)19-8-9-20-14-3-1-2-11(10-14)15(17)18/h1-7,10H,8-9,16H2,(H2,17,18). The van der Waals surface area contributed by atoms with Crippen molar-refractivity contribution in [2.75, 3.05) is 18.9 Å². The minimum Gasteiger partial charge on any atom is -0.490 e. The van der Waals surface area contributed by atoms with Crippen LogP contribution in [0.5, 0.6) is 11.5 Å². The van der Waals surface area contributed by atoms with Crippen molar-refractivity contribution in [2.24, 2.45) is 5.73 Å². The van der Waals surface area contributed by atoms with Gasteiger partial charge in [-0.15, -0.1) is 0 Å². The fourth-order valence-electron chi connectivity index (χ4n) is 1.62. The molecule has 0 saturated heterocycles. The molecule has 0 saturated carbocycles. The molecule has 5 heteroatoms. The number of benzene rings is 2. The summed E-state index contributed by atoms with van der Waals surface area (Å²) in [6.45, 7) is 0.761. The third-order valence-electron chi connectivity index (χ3n) is 2.62. The molecule has 4 N–H and O–H groups in total. The lowest BCUT2D eigenvalue weighted by atomic mass is 10.2. The monoisotopic (exact) mass is 272 g/mol. The molecule has 5 nitrogen and oxygen atoms in total. The molecular formula is C15H16N2O3. The van der Waals surface area contributed by atoms with Gasteiger partial charge in [0.05, 0.1) is 0 Å². The molecule has 1 amide bonds. The first-order valence-electron chi connectivity index (χ1n) is 6.16. The summed E-state index contributed by atoms with van der Waals surface area (Å²) >= 11 is 0. The van der Waals surface area contributed by atoms with Crippen LogP contribution in [0.2, 0.25) is 0 Å². The number of anilines is 1. The van der Waals surface area contributed by atoms with Gasteiger partial charge in [-0.05, 0) is 42.5 Å². The first-order chi connectivity index (χ1) is 9.65. The van der Waals surface area contributed by atoms with Crippen LogP contribution in [0.4, 0.5) is 5.69 Å². The van der Waals surface area contributed by atoms with Gasteiger partial charge in [0.1, 0.15) is 24.7 Å². The van der Waals surface area contributed by atoms with Gasteiger partial charge in [-0.2, -0.15) is 0 Å². The predicted octanol–water partition coefficient (Wildman–Crippen LogP) is 1.83. The highest BCUT2D eigenvalue weighted by molar-refractivity contribution is 5.93. The maximum atomic E-state index is 11.0. The molecule has 104 valence electrons. The first kappa shape index (κ1) is 13.7. The Labute approximate surface area is 117 Å². The van der Waals surface area contributed by atoms with Crippen molar-refractivity contribution >= 4 is 11.6 Å². The van der Waals surface area contributed by atoms with Crippen molar-refractivity contribution < 1.29 is 14.3 Å². The Balaban J connectivity index is 1.79. The van der Waals surface area contributed by atoms with Crippen molar-refractivity contribution in [3.05, 3.63) is 54.1 Å². The lowest BCUT2D eigenvalue weighted by Gasteiger charge is -2.09. The smallest absolute Gasteiger partial charge is 0.248 e. The van der Waals surface area contributed by atoms with Crippen LogP contribution in [-0.4, -0.2) is 19.1 Å². The maximum Gasteiger partial charge on any atom is 0.248 e. The average Bonchev–Trinajstić information content (AvgIpc) is 2.46. The van der Waals surface area contributed by atoms with Crippen molar-refractivity contribution in [3.63, 3.8) is 0 Å². The van der Waals surface area contributed by atoms with Crippen LogP contribution in [0.1, 0.15) is 10.4 Å². The number of rotatable bonds is 6. The van der Waals surface area contributed by atoms with Crippen molar-refractivity contribution in [2.45, 2.75) is 0 Å². The average molecular weight is 272 g/mol. The summed E-state index contributed by atoms with van der Waals surface area (Å²) in [5.41, 5.74) is 11.9. The Morgan fingerprint density at radius 1 is 0.950 bits per heavy atom. The SMILES string of the molecule is NC(=O)c1cccc(OCCOc2ccc(N)cc2)c1. The van der Waals surface area contributed by atoms with Gasteiger partial charge in [0, 0.05) is 11.3 Å². The summed E-state index contributed by atoms with van der Waals surface area (Å²) in [6, 6.07) is 13.8. The van der Waals surface area contributed by atoms with Crippen LogP contribution in [0.15, 0.2) is 48.5 Å². The molecule has 2 rings (SSSR count). The third kappa shape index (κ3) is 3.91. The van der Waals surface area contributed by atoms with Crippen molar-refractivity contribution in [3.8, 4) is 11.5 Å². The Bertz CT molecular complexity index is 582. The third-order valence-corrected chi connectivity index (χ3v) is 2.62. The topological polar surface area (TPSA) is 87.6 Å². The Hall–Kier alpha value is -2.69. The first-order valence-corrected chi connectivity index (χ1v) is 6.16. The fraction of sp³-hybridized carbons (Fsp3) is 0.133. The number of primary amides is 1. The molecule has 0 aliphatic heterocycles. The summed E-state index contributed by atoms with van der Waals surface area (Å²) in [7, 11) is 0. The number of hydrogen-bond acceptors (Lipinski definition) is 4. The van der Waals surface area contributed by atoms with Crippen molar-refractivity contribution in [1.82, 2.24) is 0 Å². The maximum absolute atomic E-state index is 11.0. The van der Waals surface area contributed by atoms with E-state index in [2.05, 4.69) is 0 Å². The van der Waals surface area contributed by atoms with Gasteiger partial charge < -0.3 is 20.9 Å². The van der Waals surface area contributed by atoms with E-state index in [0.29, 0.717) is 30.2 Å². The van der Waals surface area contributed by atoms with E-state index in [-0.39, 0.29) is 0 Å². The van der Waals surface area contributed by atoms with E-state index in [9.17, 15) is 4.79 Å². The molecule has 2 aromatic carbocycles. The number of carbonyl (C=O) groups excluding carboxylic acids is 1. The van der Waals surface area contributed by atoms with E-state index in [4.69, 9.17) is 20.9 Å². The number of amides is 1. The molecule has 0 radical (unpaired) electrons. The Morgan fingerprint density at radius 3 is 2.25 bits per heavy atom. The quantitative estimate of drug-likeness (QED) is 0.620. The molecule has 0 atom stereocenters. The lowest BCUT2D eigenvalue weighted by Crippen LogP contribution is -2.12. The zero-order valence-electron chi connectivity index (χ0n) is 10.9. The van der Waals surface area contributed by atoms with Crippen LogP contribution < -0.4 is 20.9 Å². The molecular weight excluding hydrogens is 256 g/mol. The number of nitrogens with two attached hydrogens (primary N) is 2. The second-order valence-electron chi connectivity index (χ2n) is 4.16. The lowest BCUT2D eigenvalue weighted by molar-refractivity contribution is 0.1000. The van der Waals surface area contributed by atoms with Gasteiger partial charge >= 0.3 is 0 Å². The van der Waals surface area contributed by atoms with Gasteiger partial charge in [-0.25, -0.2) is 0 Å².